The van der Waals surface area contributed by atoms with Crippen molar-refractivity contribution in [2.45, 2.75) is 0 Å². The standard InChI is InChI=1S/C5H8O2S2/c1-8-5(9-2)3-4(6)7/h3H,1-2H3,(H,6,7)/p-1. The smallest absolute Gasteiger partial charge is 0.0659 e. The van der Waals surface area contributed by atoms with Gasteiger partial charge in [0.15, 0.2) is 0 Å². The van der Waals surface area contributed by atoms with Crippen LogP contribution in [0.3, 0.4) is 0 Å². The lowest BCUT2D eigenvalue weighted by atomic mass is 10.7. The molecule has 52 valence electrons. The maximum atomic E-state index is 9.91. The Morgan fingerprint density at radius 2 is 1.89 bits per heavy atom. The maximum absolute atomic E-state index is 9.91. The second-order valence-corrected chi connectivity index (χ2v) is 3.15. The Morgan fingerprint density at radius 3 is 2.00 bits per heavy atom. The van der Waals surface area contributed by atoms with E-state index < -0.39 is 5.97 Å². The Hall–Kier alpha value is -0.0900. The minimum atomic E-state index is -1.13. The molecule has 0 bridgehead atoms. The summed E-state index contributed by atoms with van der Waals surface area (Å²) in [5.41, 5.74) is 0. The molecule has 0 aromatic carbocycles. The molecule has 0 spiro atoms. The summed E-state index contributed by atoms with van der Waals surface area (Å²) in [4.78, 5) is 9.91. The Labute approximate surface area is 62.7 Å². The van der Waals surface area contributed by atoms with Crippen LogP contribution in [0.2, 0.25) is 0 Å². The van der Waals surface area contributed by atoms with Gasteiger partial charge in [0, 0.05) is 4.24 Å². The summed E-state index contributed by atoms with van der Waals surface area (Å²) in [6, 6.07) is 0. The molecule has 4 heteroatoms. The molecular formula is C5H7O2S2-. The van der Waals surface area contributed by atoms with Gasteiger partial charge in [-0.15, -0.1) is 23.5 Å². The molecule has 0 atom stereocenters. The normalized spacial score (nSPS) is 8.67. The lowest BCUT2D eigenvalue weighted by Crippen LogP contribution is -2.19. The van der Waals surface area contributed by atoms with Crippen LogP contribution in [0.25, 0.3) is 0 Å². The van der Waals surface area contributed by atoms with Crippen LogP contribution in [0.5, 0.6) is 0 Å². The first kappa shape index (κ1) is 8.91. The molecule has 0 unspecified atom stereocenters. The molecule has 0 saturated heterocycles. The number of rotatable bonds is 3. The van der Waals surface area contributed by atoms with Gasteiger partial charge in [-0.05, 0) is 18.6 Å². The predicted octanol–water partition coefficient (Wildman–Crippen LogP) is 0.304. The van der Waals surface area contributed by atoms with E-state index >= 15 is 0 Å². The van der Waals surface area contributed by atoms with Crippen LogP contribution in [0.4, 0.5) is 0 Å². The fourth-order valence-electron chi connectivity index (χ4n) is 0.297. The van der Waals surface area contributed by atoms with Crippen molar-refractivity contribution in [3.8, 4) is 0 Å². The quantitative estimate of drug-likeness (QED) is 0.561. The van der Waals surface area contributed by atoms with Crippen LogP contribution in [0, 0.1) is 0 Å². The number of hydrogen-bond acceptors (Lipinski definition) is 4. The molecule has 2 nitrogen and oxygen atoms in total. The summed E-state index contributed by atoms with van der Waals surface area (Å²) in [6.07, 6.45) is 4.74. The molecule has 0 rings (SSSR count). The van der Waals surface area contributed by atoms with Crippen molar-refractivity contribution in [2.75, 3.05) is 12.5 Å². The third-order valence-corrected chi connectivity index (χ3v) is 2.68. The molecule has 9 heavy (non-hydrogen) atoms. The van der Waals surface area contributed by atoms with Crippen LogP contribution in [-0.2, 0) is 4.79 Å². The molecule has 0 aromatic rings. The third-order valence-electron chi connectivity index (χ3n) is 0.638. The van der Waals surface area contributed by atoms with Gasteiger partial charge in [0.25, 0.3) is 0 Å². The number of thioether (sulfide) groups is 2. The van der Waals surface area contributed by atoms with Crippen LogP contribution in [0.1, 0.15) is 0 Å². The second kappa shape index (κ2) is 4.76. The summed E-state index contributed by atoms with van der Waals surface area (Å²) in [7, 11) is 0. The largest absolute Gasteiger partial charge is 0.545 e. The number of carbonyl (C=O) groups is 1. The summed E-state index contributed by atoms with van der Waals surface area (Å²) in [5, 5.41) is 9.91. The van der Waals surface area contributed by atoms with Crippen molar-refractivity contribution in [1.29, 1.82) is 0 Å². The van der Waals surface area contributed by atoms with Gasteiger partial charge in [0.2, 0.25) is 0 Å². The maximum Gasteiger partial charge on any atom is 0.0659 e. The van der Waals surface area contributed by atoms with Crippen LogP contribution in [-0.4, -0.2) is 18.5 Å². The van der Waals surface area contributed by atoms with E-state index in [-0.39, 0.29) is 0 Å². The van der Waals surface area contributed by atoms with Gasteiger partial charge in [-0.25, -0.2) is 0 Å². The molecule has 0 heterocycles. The van der Waals surface area contributed by atoms with Crippen LogP contribution >= 0.6 is 23.5 Å². The third kappa shape index (κ3) is 4.42. The first-order chi connectivity index (χ1) is 4.20. The summed E-state index contributed by atoms with van der Waals surface area (Å²) in [6.45, 7) is 0. The molecule has 0 amide bonds. The average Bonchev–Trinajstić information content (AvgIpc) is 1.82. The van der Waals surface area contributed by atoms with E-state index in [2.05, 4.69) is 0 Å². The van der Waals surface area contributed by atoms with Gasteiger partial charge in [0.05, 0.1) is 5.97 Å². The Balaban J connectivity index is 3.91. The highest BCUT2D eigenvalue weighted by Gasteiger charge is 1.88. The first-order valence-corrected chi connectivity index (χ1v) is 4.66. The Kier molecular flexibility index (Phi) is 4.71. The van der Waals surface area contributed by atoms with Gasteiger partial charge < -0.3 is 9.90 Å². The van der Waals surface area contributed by atoms with Crippen molar-refractivity contribution >= 4 is 29.5 Å². The van der Waals surface area contributed by atoms with Crippen LogP contribution in [0.15, 0.2) is 10.3 Å². The minimum Gasteiger partial charge on any atom is -0.545 e. The minimum absolute atomic E-state index is 0.759. The molecule has 0 fully saturated rings. The van der Waals surface area contributed by atoms with E-state index in [9.17, 15) is 9.90 Å². The monoisotopic (exact) mass is 163 g/mol. The van der Waals surface area contributed by atoms with Crippen molar-refractivity contribution in [2.24, 2.45) is 0 Å². The fourth-order valence-corrected chi connectivity index (χ4v) is 1.39. The van der Waals surface area contributed by atoms with E-state index in [1.807, 2.05) is 12.5 Å². The number of carbonyl (C=O) groups excluding carboxylic acids is 1. The molecule has 0 aromatic heterocycles. The molecule has 0 saturated carbocycles. The highest BCUT2D eigenvalue weighted by molar-refractivity contribution is 8.21. The lowest BCUT2D eigenvalue weighted by Gasteiger charge is -1.97. The zero-order valence-corrected chi connectivity index (χ0v) is 6.84. The molecule has 0 N–H and O–H groups in total. The van der Waals surface area contributed by atoms with Gasteiger partial charge in [-0.1, -0.05) is 0 Å². The Morgan fingerprint density at radius 1 is 1.44 bits per heavy atom. The van der Waals surface area contributed by atoms with Gasteiger partial charge in [-0.2, -0.15) is 0 Å². The highest BCUT2D eigenvalue weighted by atomic mass is 32.2. The molecule has 0 aliphatic rings. The zero-order valence-electron chi connectivity index (χ0n) is 5.21. The topological polar surface area (TPSA) is 40.1 Å². The average molecular weight is 163 g/mol. The molecule has 0 aliphatic heterocycles. The van der Waals surface area contributed by atoms with Crippen LogP contribution < -0.4 is 5.11 Å². The van der Waals surface area contributed by atoms with Gasteiger partial charge >= 0.3 is 0 Å². The van der Waals surface area contributed by atoms with Crippen molar-refractivity contribution in [3.05, 3.63) is 10.3 Å². The van der Waals surface area contributed by atoms with Gasteiger partial charge in [0.1, 0.15) is 0 Å². The van der Waals surface area contributed by atoms with E-state index in [1.54, 1.807) is 0 Å². The van der Waals surface area contributed by atoms with E-state index in [0.717, 1.165) is 10.3 Å². The first-order valence-electron chi connectivity index (χ1n) is 2.21. The number of carboxylic acid groups (broad SMARTS) is 1. The number of carboxylic acids is 1. The van der Waals surface area contributed by atoms with Gasteiger partial charge in [-0.3, -0.25) is 0 Å². The van der Waals surface area contributed by atoms with Crippen molar-refractivity contribution in [1.82, 2.24) is 0 Å². The number of hydrogen-bond donors (Lipinski definition) is 0. The van der Waals surface area contributed by atoms with E-state index in [0.29, 0.717) is 0 Å². The highest BCUT2D eigenvalue weighted by Crippen LogP contribution is 2.22. The van der Waals surface area contributed by atoms with E-state index in [1.165, 1.54) is 23.5 Å². The predicted molar refractivity (Wildman–Crippen MR) is 40.1 cm³/mol. The summed E-state index contributed by atoms with van der Waals surface area (Å²) < 4.78 is 0.759. The van der Waals surface area contributed by atoms with Crippen molar-refractivity contribution < 1.29 is 9.90 Å². The second-order valence-electron chi connectivity index (χ2n) is 1.19. The lowest BCUT2D eigenvalue weighted by molar-refractivity contribution is -0.297. The molecule has 0 radical (unpaired) electrons. The molecule has 0 aliphatic carbocycles. The SMILES string of the molecule is CSC(=CC(=O)[O-])SC. The summed E-state index contributed by atoms with van der Waals surface area (Å²) in [5.74, 6) is -1.13. The molecular weight excluding hydrogens is 156 g/mol. The van der Waals surface area contributed by atoms with E-state index in [4.69, 9.17) is 0 Å². The zero-order chi connectivity index (χ0) is 7.28. The van der Waals surface area contributed by atoms with Crippen molar-refractivity contribution in [3.63, 3.8) is 0 Å². The summed E-state index contributed by atoms with van der Waals surface area (Å²) >= 11 is 2.80. The Bertz CT molecular complexity index is 125. The fraction of sp³-hybridized carbons (Fsp3) is 0.400. The number of aliphatic carboxylic acids is 1.